The van der Waals surface area contributed by atoms with E-state index >= 15 is 0 Å². The van der Waals surface area contributed by atoms with E-state index < -0.39 is 11.9 Å². The summed E-state index contributed by atoms with van der Waals surface area (Å²) in [7, 11) is 4.50. The van der Waals surface area contributed by atoms with Crippen LogP contribution >= 0.6 is 11.8 Å². The number of amides is 3. The number of methoxy groups -OCH3 is 3. The molecule has 12 heteroatoms. The van der Waals surface area contributed by atoms with Crippen molar-refractivity contribution in [1.29, 1.82) is 0 Å². The summed E-state index contributed by atoms with van der Waals surface area (Å²) in [6.07, 6.45) is 1.49. The van der Waals surface area contributed by atoms with E-state index in [4.69, 9.17) is 23.0 Å². The second-order valence-electron chi connectivity index (χ2n) is 5.89. The Balaban J connectivity index is 1.56. The second-order valence-corrected chi connectivity index (χ2v) is 6.81. The Morgan fingerprint density at radius 3 is 2.45 bits per heavy atom. The molecular weight excluding hydrogens is 428 g/mol. The van der Waals surface area contributed by atoms with Crippen LogP contribution in [0, 0.1) is 0 Å². The van der Waals surface area contributed by atoms with E-state index in [-0.39, 0.29) is 23.4 Å². The van der Waals surface area contributed by atoms with Gasteiger partial charge in [0, 0.05) is 5.56 Å². The fourth-order valence-electron chi connectivity index (χ4n) is 2.50. The number of rotatable bonds is 9. The largest absolute Gasteiger partial charge is 0.493 e. The minimum Gasteiger partial charge on any atom is -0.493 e. The van der Waals surface area contributed by atoms with Crippen molar-refractivity contribution < 1.29 is 32.6 Å². The number of hydrogen-bond donors (Lipinski definition) is 2. The third-order valence-electron chi connectivity index (χ3n) is 3.90. The minimum atomic E-state index is -0.634. The first-order valence-corrected chi connectivity index (χ1v) is 9.89. The summed E-state index contributed by atoms with van der Waals surface area (Å²) in [6, 6.07) is 6.11. The van der Waals surface area contributed by atoms with Gasteiger partial charge >= 0.3 is 6.03 Å². The zero-order valence-electron chi connectivity index (χ0n) is 17.0. The lowest BCUT2D eigenvalue weighted by molar-refractivity contribution is -0.117. The number of nitrogens with one attached hydrogen (secondary N) is 2. The van der Waals surface area contributed by atoms with Crippen molar-refractivity contribution in [3.8, 4) is 28.7 Å². The van der Waals surface area contributed by atoms with Crippen molar-refractivity contribution in [1.82, 2.24) is 20.8 Å². The van der Waals surface area contributed by atoms with Crippen LogP contribution in [0.4, 0.5) is 4.79 Å². The van der Waals surface area contributed by atoms with Crippen LogP contribution in [-0.4, -0.2) is 49.2 Å². The SMILES string of the molecule is COc1cc(-c2nnc(SCC(=O)NC(=O)NCc3ccco3)o2)cc(OC)c1OC. The standard InChI is InChI=1S/C19H20N4O7S/c1-26-13-7-11(8-14(27-2)16(13)28-3)17-22-23-19(30-17)31-10-15(24)21-18(25)20-9-12-5-4-6-29-12/h4-8H,9-10H2,1-3H3,(H2,20,21,24,25). The predicted octanol–water partition coefficient (Wildman–Crippen LogP) is 2.47. The van der Waals surface area contributed by atoms with Gasteiger partial charge < -0.3 is 28.4 Å². The van der Waals surface area contributed by atoms with E-state index in [1.165, 1.54) is 27.6 Å². The summed E-state index contributed by atoms with van der Waals surface area (Å²) in [5.74, 6) is 1.47. The number of carbonyl (C=O) groups excluding carboxylic acids is 2. The maximum absolute atomic E-state index is 11.9. The molecule has 0 aliphatic rings. The molecule has 0 radical (unpaired) electrons. The van der Waals surface area contributed by atoms with Gasteiger partial charge in [-0.15, -0.1) is 10.2 Å². The third kappa shape index (κ3) is 5.69. The summed E-state index contributed by atoms with van der Waals surface area (Å²) in [5, 5.41) is 12.8. The zero-order valence-corrected chi connectivity index (χ0v) is 17.8. The first-order valence-electron chi connectivity index (χ1n) is 8.90. The molecule has 0 aliphatic carbocycles. The van der Waals surface area contributed by atoms with Crippen LogP contribution in [0.1, 0.15) is 5.76 Å². The molecule has 164 valence electrons. The van der Waals surface area contributed by atoms with E-state index in [0.717, 1.165) is 11.8 Å². The van der Waals surface area contributed by atoms with Gasteiger partial charge in [-0.1, -0.05) is 11.8 Å². The molecule has 3 amide bonds. The Morgan fingerprint density at radius 1 is 1.10 bits per heavy atom. The lowest BCUT2D eigenvalue weighted by atomic mass is 10.2. The zero-order chi connectivity index (χ0) is 22.2. The number of aromatic nitrogens is 2. The average molecular weight is 448 g/mol. The highest BCUT2D eigenvalue weighted by Crippen LogP contribution is 2.41. The summed E-state index contributed by atoms with van der Waals surface area (Å²) in [5.41, 5.74) is 0.551. The highest BCUT2D eigenvalue weighted by atomic mass is 32.2. The molecule has 1 aromatic carbocycles. The molecule has 0 aliphatic heterocycles. The molecule has 0 atom stereocenters. The van der Waals surface area contributed by atoms with Gasteiger partial charge in [0.05, 0.1) is 39.9 Å². The number of furan rings is 1. The lowest BCUT2D eigenvalue weighted by Gasteiger charge is -2.12. The second kappa shape index (κ2) is 10.4. The first kappa shape index (κ1) is 22.0. The van der Waals surface area contributed by atoms with E-state index in [9.17, 15) is 9.59 Å². The molecule has 3 rings (SSSR count). The summed E-state index contributed by atoms with van der Waals surface area (Å²) < 4.78 is 26.6. The molecule has 2 N–H and O–H groups in total. The van der Waals surface area contributed by atoms with Gasteiger partial charge in [-0.2, -0.15) is 0 Å². The quantitative estimate of drug-likeness (QED) is 0.469. The predicted molar refractivity (Wildman–Crippen MR) is 109 cm³/mol. The molecule has 0 bridgehead atoms. The van der Waals surface area contributed by atoms with Crippen molar-refractivity contribution >= 4 is 23.7 Å². The highest BCUT2D eigenvalue weighted by Gasteiger charge is 2.18. The Labute approximate surface area is 181 Å². The van der Waals surface area contributed by atoms with Gasteiger partial charge in [-0.3, -0.25) is 10.1 Å². The summed E-state index contributed by atoms with van der Waals surface area (Å²) in [6.45, 7) is 0.168. The van der Waals surface area contributed by atoms with Gasteiger partial charge in [0.25, 0.3) is 5.22 Å². The molecule has 31 heavy (non-hydrogen) atoms. The normalized spacial score (nSPS) is 10.4. The molecule has 3 aromatic rings. The number of carbonyl (C=O) groups is 2. The summed E-state index contributed by atoms with van der Waals surface area (Å²) >= 11 is 0.991. The number of urea groups is 1. The van der Waals surface area contributed by atoms with Crippen molar-refractivity contribution in [2.24, 2.45) is 0 Å². The molecule has 0 fully saturated rings. The van der Waals surface area contributed by atoms with Crippen LogP contribution in [0.3, 0.4) is 0 Å². The monoisotopic (exact) mass is 448 g/mol. The molecule has 0 saturated heterocycles. The number of thioether (sulfide) groups is 1. The van der Waals surface area contributed by atoms with Gasteiger partial charge in [0.2, 0.25) is 17.5 Å². The van der Waals surface area contributed by atoms with Crippen LogP contribution in [0.2, 0.25) is 0 Å². The Hall–Kier alpha value is -3.67. The van der Waals surface area contributed by atoms with Gasteiger partial charge in [0.1, 0.15) is 5.76 Å². The smallest absolute Gasteiger partial charge is 0.321 e. The maximum Gasteiger partial charge on any atom is 0.321 e. The van der Waals surface area contributed by atoms with E-state index in [2.05, 4.69) is 20.8 Å². The van der Waals surface area contributed by atoms with Crippen LogP contribution in [0.5, 0.6) is 17.2 Å². The van der Waals surface area contributed by atoms with Gasteiger partial charge in [0.15, 0.2) is 11.5 Å². The molecule has 11 nitrogen and oxygen atoms in total. The number of ether oxygens (including phenoxy) is 3. The Morgan fingerprint density at radius 2 is 1.84 bits per heavy atom. The van der Waals surface area contributed by atoms with E-state index in [0.29, 0.717) is 28.6 Å². The highest BCUT2D eigenvalue weighted by molar-refractivity contribution is 7.99. The third-order valence-corrected chi connectivity index (χ3v) is 4.72. The van der Waals surface area contributed by atoms with Crippen LogP contribution in [-0.2, 0) is 11.3 Å². The fraction of sp³-hybridized carbons (Fsp3) is 0.263. The van der Waals surface area contributed by atoms with Crippen LogP contribution in [0.25, 0.3) is 11.5 Å². The van der Waals surface area contributed by atoms with Gasteiger partial charge in [-0.25, -0.2) is 4.79 Å². The van der Waals surface area contributed by atoms with Crippen LogP contribution < -0.4 is 24.8 Å². The van der Waals surface area contributed by atoms with E-state index in [1.807, 2.05) is 0 Å². The lowest BCUT2D eigenvalue weighted by Crippen LogP contribution is -2.39. The fourth-order valence-corrected chi connectivity index (χ4v) is 3.07. The Bertz CT molecular complexity index is 1010. The molecule has 0 unspecified atom stereocenters. The average Bonchev–Trinajstić information content (AvgIpc) is 3.47. The van der Waals surface area contributed by atoms with Crippen molar-refractivity contribution in [2.45, 2.75) is 11.8 Å². The van der Waals surface area contributed by atoms with Crippen molar-refractivity contribution in [2.75, 3.05) is 27.1 Å². The van der Waals surface area contributed by atoms with Gasteiger partial charge in [-0.05, 0) is 24.3 Å². The first-order chi connectivity index (χ1) is 15.0. The van der Waals surface area contributed by atoms with Crippen molar-refractivity contribution in [3.05, 3.63) is 36.3 Å². The number of nitrogens with zero attached hydrogens (tertiary/aromatic N) is 2. The topological polar surface area (TPSA) is 138 Å². The van der Waals surface area contributed by atoms with E-state index in [1.54, 1.807) is 24.3 Å². The minimum absolute atomic E-state index is 0.0922. The molecule has 2 aromatic heterocycles. The van der Waals surface area contributed by atoms with Crippen LogP contribution in [0.15, 0.2) is 44.6 Å². The molecular formula is C19H20N4O7S. The number of hydrogen-bond acceptors (Lipinski definition) is 10. The number of benzene rings is 1. The molecule has 0 spiro atoms. The molecule has 0 saturated carbocycles. The van der Waals surface area contributed by atoms with Crippen molar-refractivity contribution in [3.63, 3.8) is 0 Å². The maximum atomic E-state index is 11.9. The Kier molecular flexibility index (Phi) is 7.38. The molecule has 2 heterocycles. The summed E-state index contributed by atoms with van der Waals surface area (Å²) in [4.78, 5) is 23.7. The number of imide groups is 1.